The standard InChI is InChI=1S/C14H20ClNO2/c1-10-2-4-11(5-3-10)6-8-16-14(17)12-7-9-18-13(12)15/h7,9-11H,2-6,8H2,1H3,(H,16,17). The molecule has 3 nitrogen and oxygen atoms in total. The van der Waals surface area contributed by atoms with Crippen LogP contribution in [0.25, 0.3) is 0 Å². The molecule has 18 heavy (non-hydrogen) atoms. The zero-order valence-corrected chi connectivity index (χ0v) is 11.5. The molecule has 1 aromatic rings. The number of hydrogen-bond donors (Lipinski definition) is 1. The lowest BCUT2D eigenvalue weighted by atomic mass is 9.81. The lowest BCUT2D eigenvalue weighted by Crippen LogP contribution is -2.26. The molecule has 0 atom stereocenters. The lowest BCUT2D eigenvalue weighted by molar-refractivity contribution is 0.0949. The first-order valence-electron chi connectivity index (χ1n) is 6.68. The van der Waals surface area contributed by atoms with Crippen molar-refractivity contribution < 1.29 is 9.21 Å². The van der Waals surface area contributed by atoms with E-state index in [-0.39, 0.29) is 11.1 Å². The van der Waals surface area contributed by atoms with Gasteiger partial charge in [0.15, 0.2) is 0 Å². The molecule has 0 aliphatic heterocycles. The fourth-order valence-corrected chi connectivity index (χ4v) is 2.76. The second-order valence-corrected chi connectivity index (χ2v) is 5.62. The Morgan fingerprint density at radius 3 is 2.78 bits per heavy atom. The maximum atomic E-state index is 11.8. The third kappa shape index (κ3) is 3.52. The second kappa shape index (κ2) is 6.28. The van der Waals surface area contributed by atoms with Gasteiger partial charge in [-0.15, -0.1) is 0 Å². The summed E-state index contributed by atoms with van der Waals surface area (Å²) in [7, 11) is 0. The molecule has 2 rings (SSSR count). The van der Waals surface area contributed by atoms with Gasteiger partial charge in [-0.2, -0.15) is 0 Å². The predicted molar refractivity (Wildman–Crippen MR) is 71.8 cm³/mol. The first-order chi connectivity index (χ1) is 8.66. The number of rotatable bonds is 4. The molecule has 0 spiro atoms. The minimum absolute atomic E-state index is 0.141. The van der Waals surface area contributed by atoms with Crippen molar-refractivity contribution in [2.24, 2.45) is 11.8 Å². The first-order valence-corrected chi connectivity index (χ1v) is 7.06. The molecular formula is C14H20ClNO2. The van der Waals surface area contributed by atoms with E-state index in [1.807, 2.05) is 0 Å². The normalized spacial score (nSPS) is 23.9. The molecule has 1 fully saturated rings. The minimum atomic E-state index is -0.141. The highest BCUT2D eigenvalue weighted by Crippen LogP contribution is 2.29. The Kier molecular flexibility index (Phi) is 4.70. The summed E-state index contributed by atoms with van der Waals surface area (Å²) >= 11 is 5.75. The highest BCUT2D eigenvalue weighted by atomic mass is 35.5. The second-order valence-electron chi connectivity index (χ2n) is 5.28. The summed E-state index contributed by atoms with van der Waals surface area (Å²) in [5.74, 6) is 1.50. The van der Waals surface area contributed by atoms with Crippen molar-refractivity contribution in [3.05, 3.63) is 23.1 Å². The van der Waals surface area contributed by atoms with E-state index in [4.69, 9.17) is 16.0 Å². The fourth-order valence-electron chi connectivity index (χ4n) is 2.56. The molecule has 0 aromatic carbocycles. The van der Waals surface area contributed by atoms with Crippen LogP contribution in [0.5, 0.6) is 0 Å². The number of furan rings is 1. The van der Waals surface area contributed by atoms with E-state index in [1.54, 1.807) is 6.07 Å². The molecule has 1 saturated carbocycles. The van der Waals surface area contributed by atoms with Gasteiger partial charge < -0.3 is 9.73 Å². The van der Waals surface area contributed by atoms with E-state index in [1.165, 1.54) is 31.9 Å². The maximum Gasteiger partial charge on any atom is 0.256 e. The Morgan fingerprint density at radius 1 is 1.44 bits per heavy atom. The van der Waals surface area contributed by atoms with Crippen LogP contribution in [0.1, 0.15) is 49.4 Å². The van der Waals surface area contributed by atoms with E-state index < -0.39 is 0 Å². The zero-order valence-electron chi connectivity index (χ0n) is 10.7. The quantitative estimate of drug-likeness (QED) is 0.901. The molecule has 1 aliphatic carbocycles. The van der Waals surface area contributed by atoms with Crippen molar-refractivity contribution in [3.63, 3.8) is 0 Å². The smallest absolute Gasteiger partial charge is 0.256 e. The van der Waals surface area contributed by atoms with Crippen LogP contribution in [0.4, 0.5) is 0 Å². The average molecular weight is 270 g/mol. The number of halogens is 1. The molecule has 0 radical (unpaired) electrons. The highest BCUT2D eigenvalue weighted by Gasteiger charge is 2.18. The number of carbonyl (C=O) groups is 1. The summed E-state index contributed by atoms with van der Waals surface area (Å²) in [5.41, 5.74) is 0.425. The Hall–Kier alpha value is -0.960. The molecular weight excluding hydrogens is 250 g/mol. The Balaban J connectivity index is 1.69. The van der Waals surface area contributed by atoms with Crippen LogP contribution >= 0.6 is 11.6 Å². The van der Waals surface area contributed by atoms with Crippen molar-refractivity contribution >= 4 is 17.5 Å². The Bertz CT molecular complexity index is 394. The van der Waals surface area contributed by atoms with Crippen LogP contribution in [0, 0.1) is 11.8 Å². The van der Waals surface area contributed by atoms with Gasteiger partial charge in [0.05, 0.1) is 11.8 Å². The van der Waals surface area contributed by atoms with Crippen LogP contribution in [0.3, 0.4) is 0 Å². The Morgan fingerprint density at radius 2 is 2.17 bits per heavy atom. The first kappa shape index (κ1) is 13.5. The van der Waals surface area contributed by atoms with Crippen molar-refractivity contribution in [2.45, 2.75) is 39.0 Å². The Labute approximate surface area is 113 Å². The van der Waals surface area contributed by atoms with Gasteiger partial charge in [-0.25, -0.2) is 0 Å². The summed E-state index contributed by atoms with van der Waals surface area (Å²) in [4.78, 5) is 11.8. The van der Waals surface area contributed by atoms with E-state index in [2.05, 4.69) is 12.2 Å². The van der Waals surface area contributed by atoms with Gasteiger partial charge in [0.1, 0.15) is 0 Å². The molecule has 100 valence electrons. The number of nitrogens with one attached hydrogen (secondary N) is 1. The third-order valence-electron chi connectivity index (χ3n) is 3.84. The third-order valence-corrected chi connectivity index (χ3v) is 4.13. The molecule has 0 saturated heterocycles. The molecule has 0 unspecified atom stereocenters. The summed E-state index contributed by atoms with van der Waals surface area (Å²) in [6.07, 6.45) is 7.74. The number of carbonyl (C=O) groups excluding carboxylic acids is 1. The molecule has 1 aromatic heterocycles. The fraction of sp³-hybridized carbons (Fsp3) is 0.643. The minimum Gasteiger partial charge on any atom is -0.452 e. The largest absolute Gasteiger partial charge is 0.452 e. The van der Waals surface area contributed by atoms with E-state index in [9.17, 15) is 4.79 Å². The van der Waals surface area contributed by atoms with Crippen LogP contribution in [0.15, 0.2) is 16.7 Å². The van der Waals surface area contributed by atoms with E-state index >= 15 is 0 Å². The molecule has 1 N–H and O–H groups in total. The monoisotopic (exact) mass is 269 g/mol. The van der Waals surface area contributed by atoms with Crippen molar-refractivity contribution in [2.75, 3.05) is 6.54 Å². The van der Waals surface area contributed by atoms with Crippen LogP contribution in [-0.2, 0) is 0 Å². The van der Waals surface area contributed by atoms with Gasteiger partial charge in [0, 0.05) is 6.54 Å². The topological polar surface area (TPSA) is 42.2 Å². The maximum absolute atomic E-state index is 11.8. The van der Waals surface area contributed by atoms with E-state index in [0.717, 1.165) is 24.8 Å². The number of amides is 1. The van der Waals surface area contributed by atoms with Crippen LogP contribution in [0.2, 0.25) is 5.22 Å². The number of hydrogen-bond acceptors (Lipinski definition) is 2. The van der Waals surface area contributed by atoms with Crippen LogP contribution < -0.4 is 5.32 Å². The molecule has 0 bridgehead atoms. The zero-order chi connectivity index (χ0) is 13.0. The van der Waals surface area contributed by atoms with Crippen LogP contribution in [-0.4, -0.2) is 12.5 Å². The summed E-state index contributed by atoms with van der Waals surface area (Å²) in [5, 5.41) is 3.07. The van der Waals surface area contributed by atoms with Crippen molar-refractivity contribution in [3.8, 4) is 0 Å². The lowest BCUT2D eigenvalue weighted by Gasteiger charge is -2.26. The van der Waals surface area contributed by atoms with Gasteiger partial charge in [-0.3, -0.25) is 4.79 Å². The molecule has 4 heteroatoms. The van der Waals surface area contributed by atoms with Crippen molar-refractivity contribution in [1.82, 2.24) is 5.32 Å². The SMILES string of the molecule is CC1CCC(CCNC(=O)c2ccoc2Cl)CC1. The summed E-state index contributed by atoms with van der Waals surface area (Å²) < 4.78 is 4.90. The molecule has 1 aliphatic rings. The van der Waals surface area contributed by atoms with Gasteiger partial charge in [0.25, 0.3) is 5.91 Å². The molecule has 1 amide bonds. The highest BCUT2D eigenvalue weighted by molar-refractivity contribution is 6.32. The molecule has 1 heterocycles. The van der Waals surface area contributed by atoms with Gasteiger partial charge in [-0.1, -0.05) is 32.6 Å². The van der Waals surface area contributed by atoms with Crippen molar-refractivity contribution in [1.29, 1.82) is 0 Å². The average Bonchev–Trinajstić information content (AvgIpc) is 2.78. The predicted octanol–water partition coefficient (Wildman–Crippen LogP) is 3.88. The van der Waals surface area contributed by atoms with Gasteiger partial charge >= 0.3 is 0 Å². The summed E-state index contributed by atoms with van der Waals surface area (Å²) in [6.45, 7) is 3.04. The summed E-state index contributed by atoms with van der Waals surface area (Å²) in [6, 6.07) is 1.60. The van der Waals surface area contributed by atoms with E-state index in [0.29, 0.717) is 5.56 Å². The van der Waals surface area contributed by atoms with Gasteiger partial charge in [0.2, 0.25) is 5.22 Å². The van der Waals surface area contributed by atoms with Gasteiger partial charge in [-0.05, 0) is 35.9 Å².